The van der Waals surface area contributed by atoms with Gasteiger partial charge in [-0.3, -0.25) is 9.59 Å². The molecule has 184 valence electrons. The Morgan fingerprint density at radius 2 is 2.14 bits per heavy atom. The molecule has 0 radical (unpaired) electrons. The molecule has 3 aromatic rings. The first kappa shape index (κ1) is 22.1. The third kappa shape index (κ3) is 4.25. The molecule has 11 nitrogen and oxygen atoms in total. The van der Waals surface area contributed by atoms with Crippen LogP contribution in [0.15, 0.2) is 35.4 Å². The summed E-state index contributed by atoms with van der Waals surface area (Å²) in [7, 11) is 1.77. The number of rotatable bonds is 9. The van der Waals surface area contributed by atoms with Crippen molar-refractivity contribution in [2.24, 2.45) is 5.41 Å². The Morgan fingerprint density at radius 3 is 2.86 bits per heavy atom. The van der Waals surface area contributed by atoms with E-state index in [0.717, 1.165) is 38.9 Å². The summed E-state index contributed by atoms with van der Waals surface area (Å²) in [5, 5.41) is 13.7. The number of carbonyl (C=O) groups excluding carboxylic acids is 1. The molecule has 0 unspecified atom stereocenters. The maximum absolute atomic E-state index is 13.0. The molecule has 3 aliphatic rings. The van der Waals surface area contributed by atoms with Crippen molar-refractivity contribution in [3.05, 3.63) is 46.5 Å². The van der Waals surface area contributed by atoms with Gasteiger partial charge in [-0.15, -0.1) is 0 Å². The molecule has 0 atom stereocenters. The number of anilines is 3. The van der Waals surface area contributed by atoms with E-state index in [9.17, 15) is 9.59 Å². The second-order valence-electron chi connectivity index (χ2n) is 9.76. The minimum atomic E-state index is -0.204. The lowest BCUT2D eigenvalue weighted by molar-refractivity contribution is -0.165. The van der Waals surface area contributed by atoms with Gasteiger partial charge in [-0.05, 0) is 37.8 Å². The monoisotopic (exact) mass is 479 g/mol. The Kier molecular flexibility index (Phi) is 5.45. The van der Waals surface area contributed by atoms with Crippen molar-refractivity contribution in [3.8, 4) is 0 Å². The fraction of sp³-hybridized carbons (Fsp3) is 0.500. The first-order valence-electron chi connectivity index (χ1n) is 12.1. The first-order chi connectivity index (χ1) is 17.0. The maximum atomic E-state index is 13.0. The molecule has 2 aliphatic carbocycles. The van der Waals surface area contributed by atoms with Gasteiger partial charge >= 0.3 is 0 Å². The van der Waals surface area contributed by atoms with Crippen LogP contribution in [0.3, 0.4) is 0 Å². The number of nitrogens with zero attached hydrogens (tertiary/aromatic N) is 4. The largest absolute Gasteiger partial charge is 0.380 e. The topological polar surface area (TPSA) is 124 Å². The van der Waals surface area contributed by atoms with E-state index in [1.54, 1.807) is 34.5 Å². The van der Waals surface area contributed by atoms with Gasteiger partial charge in [0.25, 0.3) is 11.5 Å². The summed E-state index contributed by atoms with van der Waals surface area (Å²) in [4.78, 5) is 30.6. The zero-order valence-corrected chi connectivity index (χ0v) is 19.6. The molecule has 0 aromatic carbocycles. The third-order valence-electron chi connectivity index (χ3n) is 6.98. The molecule has 0 bridgehead atoms. The van der Waals surface area contributed by atoms with E-state index in [1.165, 1.54) is 6.20 Å². The summed E-state index contributed by atoms with van der Waals surface area (Å²) < 4.78 is 14.2. The van der Waals surface area contributed by atoms with E-state index in [4.69, 9.17) is 9.47 Å². The van der Waals surface area contributed by atoms with Gasteiger partial charge in [0.15, 0.2) is 5.65 Å². The van der Waals surface area contributed by atoms with Crippen LogP contribution in [0.5, 0.6) is 0 Å². The van der Waals surface area contributed by atoms with Crippen molar-refractivity contribution >= 4 is 28.9 Å². The standard InChI is InChI=1S/C24H29N7O4/c1-25-20-9-19(28-18-3-2-6-30(23(18)33)7-8-35-16-4-5-16)29-21-17(12-26-31(20)21)22(32)27-15-10-24(11-15)13-34-14-24/h2-3,6,9,12,15-16,25H,4-5,7-8,10-11,13-14H2,1H3,(H,27,32)(H,28,29). The number of aromatic nitrogens is 4. The van der Waals surface area contributed by atoms with E-state index in [-0.39, 0.29) is 22.9 Å². The van der Waals surface area contributed by atoms with E-state index in [1.807, 2.05) is 6.07 Å². The zero-order chi connectivity index (χ0) is 24.0. The molecule has 1 spiro atoms. The van der Waals surface area contributed by atoms with Crippen molar-refractivity contribution in [1.29, 1.82) is 0 Å². The molecule has 35 heavy (non-hydrogen) atoms. The highest BCUT2D eigenvalue weighted by Crippen LogP contribution is 2.46. The number of fused-ring (bicyclic) bond motifs is 1. The van der Waals surface area contributed by atoms with Crippen LogP contribution in [0.2, 0.25) is 0 Å². The number of ether oxygens (including phenoxy) is 2. The Hall–Kier alpha value is -3.44. The van der Waals surface area contributed by atoms with Gasteiger partial charge in [-0.2, -0.15) is 9.61 Å². The minimum Gasteiger partial charge on any atom is -0.380 e. The average molecular weight is 480 g/mol. The van der Waals surface area contributed by atoms with Gasteiger partial charge in [-0.1, -0.05) is 0 Å². The average Bonchev–Trinajstić information content (AvgIpc) is 3.52. The molecule has 4 heterocycles. The molecule has 6 rings (SSSR count). The summed E-state index contributed by atoms with van der Waals surface area (Å²) in [6.45, 7) is 2.56. The Balaban J connectivity index is 1.21. The summed E-state index contributed by atoms with van der Waals surface area (Å²) in [5.41, 5.74) is 1.29. The van der Waals surface area contributed by atoms with Crippen LogP contribution in [0.1, 0.15) is 36.0 Å². The molecule has 1 aliphatic heterocycles. The van der Waals surface area contributed by atoms with Crippen molar-refractivity contribution in [1.82, 2.24) is 24.5 Å². The van der Waals surface area contributed by atoms with Crippen LogP contribution in [0.25, 0.3) is 5.65 Å². The van der Waals surface area contributed by atoms with Crippen LogP contribution in [-0.2, 0) is 16.0 Å². The van der Waals surface area contributed by atoms with Crippen molar-refractivity contribution in [2.45, 2.75) is 44.4 Å². The summed E-state index contributed by atoms with van der Waals surface area (Å²) >= 11 is 0. The third-order valence-corrected chi connectivity index (χ3v) is 6.98. The second kappa shape index (κ2) is 8.65. The highest BCUT2D eigenvalue weighted by atomic mass is 16.5. The first-order valence-corrected chi connectivity index (χ1v) is 12.1. The van der Waals surface area contributed by atoms with E-state index >= 15 is 0 Å². The molecule has 3 N–H and O–H groups in total. The summed E-state index contributed by atoms with van der Waals surface area (Å²) in [5.74, 6) is 0.874. The molecular formula is C24H29N7O4. The minimum absolute atomic E-state index is 0.137. The Morgan fingerprint density at radius 1 is 1.31 bits per heavy atom. The van der Waals surface area contributed by atoms with Gasteiger partial charge in [0.2, 0.25) is 0 Å². The number of carbonyl (C=O) groups is 1. The zero-order valence-electron chi connectivity index (χ0n) is 19.6. The predicted octanol–water partition coefficient (Wildman–Crippen LogP) is 1.76. The number of pyridine rings is 1. The molecule has 3 fully saturated rings. The van der Waals surface area contributed by atoms with E-state index in [2.05, 4.69) is 26.0 Å². The molecule has 1 amide bonds. The highest BCUT2D eigenvalue weighted by molar-refractivity contribution is 6.00. The Bertz CT molecular complexity index is 1320. The lowest BCUT2D eigenvalue weighted by Gasteiger charge is -2.53. The van der Waals surface area contributed by atoms with Gasteiger partial charge in [-0.25, -0.2) is 4.98 Å². The lowest BCUT2D eigenvalue weighted by atomic mass is 9.64. The number of nitrogens with one attached hydrogen (secondary N) is 3. The van der Waals surface area contributed by atoms with E-state index < -0.39 is 0 Å². The normalized spacial score (nSPS) is 18.8. The van der Waals surface area contributed by atoms with Crippen LogP contribution in [-0.4, -0.2) is 64.1 Å². The van der Waals surface area contributed by atoms with Crippen LogP contribution in [0, 0.1) is 5.41 Å². The van der Waals surface area contributed by atoms with Crippen molar-refractivity contribution in [2.75, 3.05) is 37.5 Å². The van der Waals surface area contributed by atoms with Gasteiger partial charge in [0, 0.05) is 37.3 Å². The quantitative estimate of drug-likeness (QED) is 0.424. The van der Waals surface area contributed by atoms with Gasteiger partial charge in [0.05, 0.1) is 32.1 Å². The maximum Gasteiger partial charge on any atom is 0.274 e. The fourth-order valence-electron chi connectivity index (χ4n) is 4.84. The smallest absolute Gasteiger partial charge is 0.274 e. The lowest BCUT2D eigenvalue weighted by Crippen LogP contribution is -2.59. The molecule has 3 aromatic heterocycles. The highest BCUT2D eigenvalue weighted by Gasteiger charge is 2.50. The van der Waals surface area contributed by atoms with Crippen LogP contribution in [0.4, 0.5) is 17.3 Å². The van der Waals surface area contributed by atoms with Crippen molar-refractivity contribution < 1.29 is 14.3 Å². The number of hydrogen-bond donors (Lipinski definition) is 3. The van der Waals surface area contributed by atoms with Gasteiger partial charge in [0.1, 0.15) is 22.9 Å². The fourth-order valence-corrected chi connectivity index (χ4v) is 4.84. The predicted molar refractivity (Wildman–Crippen MR) is 129 cm³/mol. The molecule has 2 saturated carbocycles. The van der Waals surface area contributed by atoms with E-state index in [0.29, 0.717) is 47.8 Å². The molecule has 11 heteroatoms. The molecule has 1 saturated heterocycles. The van der Waals surface area contributed by atoms with Crippen LogP contribution < -0.4 is 21.5 Å². The number of amides is 1. The second-order valence-corrected chi connectivity index (χ2v) is 9.76. The summed E-state index contributed by atoms with van der Waals surface area (Å²) in [6, 6.07) is 5.42. The van der Waals surface area contributed by atoms with Crippen molar-refractivity contribution in [3.63, 3.8) is 0 Å². The Labute approximate surface area is 201 Å². The SMILES string of the molecule is CNc1cc(Nc2cccn(CCOC3CC3)c2=O)nc2c(C(=O)NC3CC4(COC4)C3)cnn12. The number of hydrogen-bond acceptors (Lipinski definition) is 8. The summed E-state index contributed by atoms with van der Waals surface area (Å²) in [6.07, 6.45) is 7.70. The molecular weight excluding hydrogens is 450 g/mol. The van der Waals surface area contributed by atoms with Gasteiger partial charge < -0.3 is 30.0 Å². The van der Waals surface area contributed by atoms with Crippen LogP contribution >= 0.6 is 0 Å².